The van der Waals surface area contributed by atoms with Crippen molar-refractivity contribution in [2.24, 2.45) is 0 Å². The van der Waals surface area contributed by atoms with Crippen LogP contribution in [0.1, 0.15) is 35.1 Å². The second-order valence-electron chi connectivity index (χ2n) is 5.11. The highest BCUT2D eigenvalue weighted by atomic mass is 35.5. The molecule has 6 nitrogen and oxygen atoms in total. The van der Waals surface area contributed by atoms with Gasteiger partial charge in [0.15, 0.2) is 5.69 Å². The van der Waals surface area contributed by atoms with E-state index in [9.17, 15) is 4.79 Å². The molecule has 1 aromatic carbocycles. The zero-order valence-corrected chi connectivity index (χ0v) is 12.3. The first-order valence-electron chi connectivity index (χ1n) is 6.83. The molecule has 1 unspecified atom stereocenters. The molecule has 1 aliphatic heterocycles. The standard InChI is InChI=1S/C14H16ClN5O/c1-9(11-4-2-3-5-12(11)15)17-14(21)13-8-20(19-18-13)10-6-16-7-10/h2-5,8-10,16H,6-7H2,1H3,(H,17,21). The van der Waals surface area contributed by atoms with Crippen molar-refractivity contribution < 1.29 is 4.79 Å². The van der Waals surface area contributed by atoms with E-state index in [1.54, 1.807) is 16.9 Å². The smallest absolute Gasteiger partial charge is 0.273 e. The van der Waals surface area contributed by atoms with E-state index in [1.165, 1.54) is 0 Å². The number of hydrogen-bond acceptors (Lipinski definition) is 4. The third-order valence-corrected chi connectivity index (χ3v) is 3.94. The zero-order chi connectivity index (χ0) is 14.8. The van der Waals surface area contributed by atoms with Gasteiger partial charge in [0.05, 0.1) is 18.3 Å². The Kier molecular flexibility index (Phi) is 3.90. The lowest BCUT2D eigenvalue weighted by Crippen LogP contribution is -2.43. The molecule has 0 saturated carbocycles. The average molecular weight is 306 g/mol. The minimum atomic E-state index is -0.249. The molecule has 1 aliphatic rings. The lowest BCUT2D eigenvalue weighted by Gasteiger charge is -2.26. The molecule has 1 saturated heterocycles. The van der Waals surface area contributed by atoms with Crippen molar-refractivity contribution in [2.45, 2.75) is 19.0 Å². The Labute approximate surface area is 127 Å². The van der Waals surface area contributed by atoms with Crippen molar-refractivity contribution in [3.8, 4) is 0 Å². The topological polar surface area (TPSA) is 71.8 Å². The number of amides is 1. The van der Waals surface area contributed by atoms with Crippen LogP contribution in [0.4, 0.5) is 0 Å². The molecule has 0 bridgehead atoms. The highest BCUT2D eigenvalue weighted by Crippen LogP contribution is 2.22. The first kappa shape index (κ1) is 14.0. The van der Waals surface area contributed by atoms with Crippen LogP contribution >= 0.6 is 11.6 Å². The fraction of sp³-hybridized carbons (Fsp3) is 0.357. The molecule has 2 N–H and O–H groups in total. The van der Waals surface area contributed by atoms with Crippen LogP contribution in [0.25, 0.3) is 0 Å². The van der Waals surface area contributed by atoms with Crippen LogP contribution in [0, 0.1) is 0 Å². The van der Waals surface area contributed by atoms with Crippen LogP contribution in [0.3, 0.4) is 0 Å². The zero-order valence-electron chi connectivity index (χ0n) is 11.6. The van der Waals surface area contributed by atoms with Crippen molar-refractivity contribution >= 4 is 17.5 Å². The quantitative estimate of drug-likeness (QED) is 0.899. The minimum absolute atomic E-state index is 0.193. The lowest BCUT2D eigenvalue weighted by molar-refractivity contribution is 0.0934. The van der Waals surface area contributed by atoms with E-state index in [4.69, 9.17) is 11.6 Å². The van der Waals surface area contributed by atoms with Gasteiger partial charge in [0.25, 0.3) is 5.91 Å². The van der Waals surface area contributed by atoms with E-state index in [0.717, 1.165) is 18.7 Å². The van der Waals surface area contributed by atoms with Gasteiger partial charge in [0.2, 0.25) is 0 Å². The monoisotopic (exact) mass is 305 g/mol. The molecule has 2 aromatic rings. The van der Waals surface area contributed by atoms with Crippen molar-refractivity contribution in [1.29, 1.82) is 0 Å². The number of carbonyl (C=O) groups is 1. The van der Waals surface area contributed by atoms with Crippen molar-refractivity contribution in [1.82, 2.24) is 25.6 Å². The summed E-state index contributed by atoms with van der Waals surface area (Å²) in [6.45, 7) is 3.61. The molecular formula is C14H16ClN5O. The van der Waals surface area contributed by atoms with Crippen LogP contribution in [-0.4, -0.2) is 34.0 Å². The van der Waals surface area contributed by atoms with E-state index < -0.39 is 0 Å². The van der Waals surface area contributed by atoms with E-state index in [1.807, 2.05) is 25.1 Å². The number of rotatable bonds is 4. The van der Waals surface area contributed by atoms with E-state index in [0.29, 0.717) is 16.8 Å². The lowest BCUT2D eigenvalue weighted by atomic mass is 10.1. The molecule has 7 heteroatoms. The number of nitrogens with zero attached hydrogens (tertiary/aromatic N) is 3. The highest BCUT2D eigenvalue weighted by molar-refractivity contribution is 6.31. The molecule has 0 aliphatic carbocycles. The largest absolute Gasteiger partial charge is 0.344 e. The predicted octanol–water partition coefficient (Wildman–Crippen LogP) is 1.57. The first-order chi connectivity index (χ1) is 10.1. The maximum absolute atomic E-state index is 12.2. The Morgan fingerprint density at radius 1 is 1.48 bits per heavy atom. The summed E-state index contributed by atoms with van der Waals surface area (Å²) in [4.78, 5) is 12.2. The number of aromatic nitrogens is 3. The fourth-order valence-electron chi connectivity index (χ4n) is 2.19. The maximum atomic E-state index is 12.2. The second-order valence-corrected chi connectivity index (χ2v) is 5.52. The van der Waals surface area contributed by atoms with Gasteiger partial charge in [-0.15, -0.1) is 5.10 Å². The predicted molar refractivity (Wildman–Crippen MR) is 79.3 cm³/mol. The van der Waals surface area contributed by atoms with Crippen molar-refractivity contribution in [2.75, 3.05) is 13.1 Å². The third kappa shape index (κ3) is 2.91. The normalized spacial score (nSPS) is 16.3. The summed E-state index contributed by atoms with van der Waals surface area (Å²) >= 11 is 6.13. The number of nitrogens with one attached hydrogen (secondary N) is 2. The number of carbonyl (C=O) groups excluding carboxylic acids is 1. The van der Waals surface area contributed by atoms with E-state index in [-0.39, 0.29) is 11.9 Å². The number of hydrogen-bond donors (Lipinski definition) is 2. The van der Waals surface area contributed by atoms with Gasteiger partial charge in [0.1, 0.15) is 0 Å². The summed E-state index contributed by atoms with van der Waals surface area (Å²) < 4.78 is 1.73. The summed E-state index contributed by atoms with van der Waals surface area (Å²) in [5, 5.41) is 14.6. The second kappa shape index (κ2) is 5.83. The molecule has 21 heavy (non-hydrogen) atoms. The SMILES string of the molecule is CC(NC(=O)c1cn(C2CNC2)nn1)c1ccccc1Cl. The average Bonchev–Trinajstić information content (AvgIpc) is 2.86. The Morgan fingerprint density at radius 2 is 2.24 bits per heavy atom. The van der Waals surface area contributed by atoms with Gasteiger partial charge in [-0.1, -0.05) is 35.0 Å². The Morgan fingerprint density at radius 3 is 2.90 bits per heavy atom. The fourth-order valence-corrected chi connectivity index (χ4v) is 2.49. The van der Waals surface area contributed by atoms with Gasteiger partial charge in [0, 0.05) is 18.1 Å². The van der Waals surface area contributed by atoms with E-state index >= 15 is 0 Å². The van der Waals surface area contributed by atoms with E-state index in [2.05, 4.69) is 20.9 Å². The van der Waals surface area contributed by atoms with Crippen molar-refractivity contribution in [3.63, 3.8) is 0 Å². The molecule has 0 radical (unpaired) electrons. The third-order valence-electron chi connectivity index (χ3n) is 3.60. The molecule has 1 fully saturated rings. The summed E-state index contributed by atoms with van der Waals surface area (Å²) in [5.74, 6) is -0.249. The van der Waals surface area contributed by atoms with Crippen LogP contribution in [0.15, 0.2) is 30.5 Å². The molecular weight excluding hydrogens is 290 g/mol. The molecule has 1 atom stereocenters. The molecule has 0 spiro atoms. The maximum Gasteiger partial charge on any atom is 0.273 e. The van der Waals surface area contributed by atoms with Gasteiger partial charge in [-0.25, -0.2) is 4.68 Å². The van der Waals surface area contributed by atoms with Gasteiger partial charge >= 0.3 is 0 Å². The minimum Gasteiger partial charge on any atom is -0.344 e. The van der Waals surface area contributed by atoms with Gasteiger partial charge < -0.3 is 10.6 Å². The highest BCUT2D eigenvalue weighted by Gasteiger charge is 2.22. The van der Waals surface area contributed by atoms with Gasteiger partial charge in [-0.2, -0.15) is 0 Å². The summed E-state index contributed by atoms with van der Waals surface area (Å²) in [5.41, 5.74) is 1.20. The molecule has 2 heterocycles. The van der Waals surface area contributed by atoms with Crippen LogP contribution in [-0.2, 0) is 0 Å². The van der Waals surface area contributed by atoms with Gasteiger partial charge in [-0.3, -0.25) is 4.79 Å². The first-order valence-corrected chi connectivity index (χ1v) is 7.21. The Balaban J connectivity index is 1.68. The van der Waals surface area contributed by atoms with Crippen LogP contribution in [0.2, 0.25) is 5.02 Å². The number of halogens is 1. The van der Waals surface area contributed by atoms with Crippen LogP contribution < -0.4 is 10.6 Å². The molecule has 1 amide bonds. The molecule has 3 rings (SSSR count). The molecule has 1 aromatic heterocycles. The van der Waals surface area contributed by atoms with Crippen LogP contribution in [0.5, 0.6) is 0 Å². The van der Waals surface area contributed by atoms with Crippen molar-refractivity contribution in [3.05, 3.63) is 46.7 Å². The summed E-state index contributed by atoms with van der Waals surface area (Å²) in [6, 6.07) is 7.55. The summed E-state index contributed by atoms with van der Waals surface area (Å²) in [7, 11) is 0. The molecule has 110 valence electrons. The van der Waals surface area contributed by atoms with Gasteiger partial charge in [-0.05, 0) is 18.6 Å². The Hall–Kier alpha value is -1.92. The summed E-state index contributed by atoms with van der Waals surface area (Å²) in [6.07, 6.45) is 1.68. The number of benzene rings is 1. The Bertz CT molecular complexity index is 652.